The molecule has 1 aliphatic heterocycles. The molecule has 29 heavy (non-hydrogen) atoms. The summed E-state index contributed by atoms with van der Waals surface area (Å²) in [6.07, 6.45) is 5.64. The van der Waals surface area contributed by atoms with Gasteiger partial charge in [-0.1, -0.05) is 18.6 Å². The Balaban J connectivity index is 1.46. The van der Waals surface area contributed by atoms with Crippen LogP contribution in [0, 0.1) is 0 Å². The second-order valence-corrected chi connectivity index (χ2v) is 7.32. The summed E-state index contributed by atoms with van der Waals surface area (Å²) in [6.45, 7) is 3.85. The third-order valence-electron chi connectivity index (χ3n) is 5.40. The maximum absolute atomic E-state index is 10.6. The van der Waals surface area contributed by atoms with E-state index < -0.39 is 0 Å². The number of H-pyrrole nitrogens is 1. The van der Waals surface area contributed by atoms with E-state index in [-0.39, 0.29) is 5.75 Å². The zero-order valence-electron chi connectivity index (χ0n) is 16.7. The fraction of sp³-hybridized carbons (Fsp3) is 0.348. The van der Waals surface area contributed by atoms with Crippen LogP contribution in [0.3, 0.4) is 0 Å². The molecule has 1 aliphatic rings. The average Bonchev–Trinajstić information content (AvgIpc) is 3.24. The van der Waals surface area contributed by atoms with Gasteiger partial charge in [-0.2, -0.15) is 5.10 Å². The topological polar surface area (TPSA) is 70.6 Å². The third kappa shape index (κ3) is 4.54. The standard InChI is InChI=1S/C23H27N3O3/c1-28-18-7-5-17(6-8-18)21-16-24-25-23(21)20-10-9-19(15-22(20)27)29-14-13-26-11-3-2-4-12-26/h5-10,15-16,27H,2-4,11-14H2,1H3,(H,24,25). The number of benzene rings is 2. The molecule has 2 aromatic carbocycles. The number of methoxy groups -OCH3 is 1. The van der Waals surface area contributed by atoms with Crippen LogP contribution in [-0.4, -0.2) is 53.6 Å². The number of piperidine rings is 1. The molecule has 3 aromatic rings. The van der Waals surface area contributed by atoms with Crippen molar-refractivity contribution in [2.75, 3.05) is 33.4 Å². The molecule has 4 rings (SSSR count). The van der Waals surface area contributed by atoms with Crippen LogP contribution in [0.1, 0.15) is 19.3 Å². The molecule has 0 spiro atoms. The van der Waals surface area contributed by atoms with Gasteiger partial charge in [-0.25, -0.2) is 0 Å². The molecule has 6 heteroatoms. The number of likely N-dealkylation sites (tertiary alicyclic amines) is 1. The van der Waals surface area contributed by atoms with E-state index in [2.05, 4.69) is 15.1 Å². The van der Waals surface area contributed by atoms with Crippen LogP contribution in [0.4, 0.5) is 0 Å². The van der Waals surface area contributed by atoms with Crippen LogP contribution in [-0.2, 0) is 0 Å². The summed E-state index contributed by atoms with van der Waals surface area (Å²) in [7, 11) is 1.65. The van der Waals surface area contributed by atoms with Gasteiger partial charge in [0.15, 0.2) is 0 Å². The van der Waals surface area contributed by atoms with Crippen LogP contribution in [0.25, 0.3) is 22.4 Å². The number of nitrogens with zero attached hydrogens (tertiary/aromatic N) is 2. The van der Waals surface area contributed by atoms with Gasteiger partial charge in [-0.15, -0.1) is 0 Å². The Kier molecular flexibility index (Phi) is 6.00. The zero-order valence-corrected chi connectivity index (χ0v) is 16.7. The van der Waals surface area contributed by atoms with Gasteiger partial charge in [0, 0.05) is 23.7 Å². The predicted molar refractivity (Wildman–Crippen MR) is 113 cm³/mol. The summed E-state index contributed by atoms with van der Waals surface area (Å²) in [5.41, 5.74) is 3.38. The Bertz CT molecular complexity index is 931. The first-order chi connectivity index (χ1) is 14.2. The van der Waals surface area contributed by atoms with Gasteiger partial charge < -0.3 is 14.6 Å². The molecule has 2 N–H and O–H groups in total. The van der Waals surface area contributed by atoms with E-state index in [4.69, 9.17) is 9.47 Å². The van der Waals surface area contributed by atoms with Crippen LogP contribution < -0.4 is 9.47 Å². The summed E-state index contributed by atoms with van der Waals surface area (Å²) in [5.74, 6) is 1.64. The quantitative estimate of drug-likeness (QED) is 0.625. The molecular weight excluding hydrogens is 366 g/mol. The molecule has 0 bridgehead atoms. The fourth-order valence-electron chi connectivity index (χ4n) is 3.77. The normalized spacial score (nSPS) is 14.7. The fourth-order valence-corrected chi connectivity index (χ4v) is 3.77. The number of phenols is 1. The SMILES string of the molecule is COc1ccc(-c2cn[nH]c2-c2ccc(OCCN3CCCCC3)cc2O)cc1. The van der Waals surface area contributed by atoms with E-state index in [1.807, 2.05) is 36.4 Å². The number of aromatic nitrogens is 2. The van der Waals surface area contributed by atoms with Crippen LogP contribution in [0.5, 0.6) is 17.2 Å². The second-order valence-electron chi connectivity index (χ2n) is 7.32. The molecule has 1 saturated heterocycles. The van der Waals surface area contributed by atoms with E-state index in [1.54, 1.807) is 19.4 Å². The summed E-state index contributed by atoms with van der Waals surface area (Å²) in [5, 5.41) is 17.8. The number of hydrogen-bond acceptors (Lipinski definition) is 5. The highest BCUT2D eigenvalue weighted by Gasteiger charge is 2.15. The number of ether oxygens (including phenoxy) is 2. The first-order valence-electron chi connectivity index (χ1n) is 10.1. The largest absolute Gasteiger partial charge is 0.507 e. The first kappa shape index (κ1) is 19.3. The van der Waals surface area contributed by atoms with Crippen LogP contribution in [0.2, 0.25) is 0 Å². The molecule has 0 aliphatic carbocycles. The Hall–Kier alpha value is -2.99. The van der Waals surface area contributed by atoms with Gasteiger partial charge >= 0.3 is 0 Å². The number of aromatic hydroxyl groups is 1. The molecule has 0 radical (unpaired) electrons. The molecule has 0 amide bonds. The van der Waals surface area contributed by atoms with Crippen molar-refractivity contribution in [1.29, 1.82) is 0 Å². The van der Waals surface area contributed by atoms with E-state index >= 15 is 0 Å². The maximum Gasteiger partial charge on any atom is 0.128 e. The van der Waals surface area contributed by atoms with Gasteiger partial charge in [-0.05, 0) is 55.8 Å². The van der Waals surface area contributed by atoms with Crippen molar-refractivity contribution in [2.24, 2.45) is 0 Å². The minimum atomic E-state index is 0.166. The maximum atomic E-state index is 10.6. The van der Waals surface area contributed by atoms with Gasteiger partial charge in [-0.3, -0.25) is 10.00 Å². The Morgan fingerprint density at radius 1 is 1.00 bits per heavy atom. The van der Waals surface area contributed by atoms with Crippen LogP contribution in [0.15, 0.2) is 48.7 Å². The molecule has 2 heterocycles. The van der Waals surface area contributed by atoms with Gasteiger partial charge in [0.2, 0.25) is 0 Å². The summed E-state index contributed by atoms with van der Waals surface area (Å²) >= 11 is 0. The number of hydrogen-bond donors (Lipinski definition) is 2. The van der Waals surface area contributed by atoms with E-state index in [0.717, 1.165) is 42.2 Å². The van der Waals surface area contributed by atoms with E-state index in [9.17, 15) is 5.11 Å². The smallest absolute Gasteiger partial charge is 0.128 e. The van der Waals surface area contributed by atoms with Crippen molar-refractivity contribution in [3.8, 4) is 39.6 Å². The molecule has 0 unspecified atom stereocenters. The highest BCUT2D eigenvalue weighted by Crippen LogP contribution is 2.37. The van der Waals surface area contributed by atoms with Crippen molar-refractivity contribution in [2.45, 2.75) is 19.3 Å². The van der Waals surface area contributed by atoms with Gasteiger partial charge in [0.05, 0.1) is 19.0 Å². The molecular formula is C23H27N3O3. The minimum Gasteiger partial charge on any atom is -0.507 e. The summed E-state index contributed by atoms with van der Waals surface area (Å²) < 4.78 is 11.1. The van der Waals surface area contributed by atoms with Crippen molar-refractivity contribution < 1.29 is 14.6 Å². The second kappa shape index (κ2) is 9.01. The highest BCUT2D eigenvalue weighted by molar-refractivity contribution is 5.83. The molecule has 6 nitrogen and oxygen atoms in total. The average molecular weight is 393 g/mol. The van der Waals surface area contributed by atoms with Crippen LogP contribution >= 0.6 is 0 Å². The Morgan fingerprint density at radius 2 is 1.76 bits per heavy atom. The summed E-state index contributed by atoms with van der Waals surface area (Å²) in [4.78, 5) is 2.43. The number of nitrogens with one attached hydrogen (secondary N) is 1. The molecule has 1 fully saturated rings. The molecule has 152 valence electrons. The first-order valence-corrected chi connectivity index (χ1v) is 10.1. The van der Waals surface area contributed by atoms with Crippen molar-refractivity contribution in [3.63, 3.8) is 0 Å². The zero-order chi connectivity index (χ0) is 20.1. The molecule has 0 saturated carbocycles. The van der Waals surface area contributed by atoms with E-state index in [1.165, 1.54) is 19.3 Å². The minimum absolute atomic E-state index is 0.166. The Labute approximate surface area is 171 Å². The monoisotopic (exact) mass is 393 g/mol. The number of aromatic amines is 1. The molecule has 0 atom stereocenters. The highest BCUT2D eigenvalue weighted by atomic mass is 16.5. The third-order valence-corrected chi connectivity index (χ3v) is 5.40. The van der Waals surface area contributed by atoms with Crippen molar-refractivity contribution >= 4 is 0 Å². The molecule has 1 aromatic heterocycles. The lowest BCUT2D eigenvalue weighted by Crippen LogP contribution is -2.33. The number of phenolic OH excluding ortho intramolecular Hbond substituents is 1. The van der Waals surface area contributed by atoms with Gasteiger partial charge in [0.25, 0.3) is 0 Å². The summed E-state index contributed by atoms with van der Waals surface area (Å²) in [6, 6.07) is 13.2. The number of rotatable bonds is 7. The van der Waals surface area contributed by atoms with Gasteiger partial charge in [0.1, 0.15) is 23.9 Å². The lowest BCUT2D eigenvalue weighted by atomic mass is 10.0. The lowest BCUT2D eigenvalue weighted by molar-refractivity contribution is 0.183. The van der Waals surface area contributed by atoms with Crippen molar-refractivity contribution in [3.05, 3.63) is 48.7 Å². The predicted octanol–water partition coefficient (Wildman–Crippen LogP) is 4.32. The van der Waals surface area contributed by atoms with Crippen molar-refractivity contribution in [1.82, 2.24) is 15.1 Å². The lowest BCUT2D eigenvalue weighted by Gasteiger charge is -2.26. The Morgan fingerprint density at radius 3 is 2.48 bits per heavy atom. The van der Waals surface area contributed by atoms with E-state index in [0.29, 0.717) is 17.9 Å².